The lowest BCUT2D eigenvalue weighted by atomic mass is 10.3. The van der Waals surface area contributed by atoms with Crippen molar-refractivity contribution in [3.63, 3.8) is 0 Å². The fourth-order valence-corrected chi connectivity index (χ4v) is 3.11. The van der Waals surface area contributed by atoms with Gasteiger partial charge in [-0.3, -0.25) is 0 Å². The van der Waals surface area contributed by atoms with Gasteiger partial charge < -0.3 is 5.32 Å². The van der Waals surface area contributed by atoms with Crippen LogP contribution in [0.5, 0.6) is 0 Å². The summed E-state index contributed by atoms with van der Waals surface area (Å²) in [6, 6.07) is 8.51. The molecule has 0 radical (unpaired) electrons. The van der Waals surface area contributed by atoms with Gasteiger partial charge in [-0.2, -0.15) is 0 Å². The molecule has 21 heavy (non-hydrogen) atoms. The van der Waals surface area contributed by atoms with E-state index in [9.17, 15) is 8.42 Å². The Kier molecular flexibility index (Phi) is 4.42. The van der Waals surface area contributed by atoms with Gasteiger partial charge in [-0.15, -0.1) is 0 Å². The Hall–Kier alpha value is -2.15. The van der Waals surface area contributed by atoms with E-state index in [-0.39, 0.29) is 10.8 Å². The van der Waals surface area contributed by atoms with Crippen LogP contribution in [-0.2, 0) is 10.0 Å². The number of aryl methyl sites for hydroxylation is 2. The summed E-state index contributed by atoms with van der Waals surface area (Å²) in [5, 5.41) is 3.03. The minimum Gasteiger partial charge on any atom is -0.384 e. The molecule has 2 rings (SSSR count). The van der Waals surface area contributed by atoms with E-state index in [1.54, 1.807) is 44.2 Å². The number of benzene rings is 1. The van der Waals surface area contributed by atoms with Crippen molar-refractivity contribution in [3.8, 4) is 0 Å². The van der Waals surface area contributed by atoms with Crippen LogP contribution in [0, 0.1) is 13.8 Å². The Morgan fingerprint density at radius 3 is 2.33 bits per heavy atom. The highest BCUT2D eigenvalue weighted by Gasteiger charge is 2.19. The third-order valence-corrected chi connectivity index (χ3v) is 4.14. The zero-order valence-corrected chi connectivity index (χ0v) is 13.0. The fraction of sp³-hybridized carbons (Fsp3) is 0.286. The summed E-state index contributed by atoms with van der Waals surface area (Å²) in [4.78, 5) is 8.37. The molecule has 6 nitrogen and oxygen atoms in total. The first-order valence-electron chi connectivity index (χ1n) is 6.60. The Labute approximate surface area is 124 Å². The zero-order chi connectivity index (χ0) is 15.5. The third-order valence-electron chi connectivity index (χ3n) is 2.75. The average Bonchev–Trinajstić information content (AvgIpc) is 2.37. The predicted molar refractivity (Wildman–Crippen MR) is 82.9 cm³/mol. The largest absolute Gasteiger partial charge is 0.384 e. The number of nitrogens with one attached hydrogen (secondary N) is 2. The number of hydrogen-bond donors (Lipinski definition) is 2. The second-order valence-electron chi connectivity index (χ2n) is 4.61. The molecule has 0 fully saturated rings. The summed E-state index contributed by atoms with van der Waals surface area (Å²) in [6.45, 7) is 6.12. The van der Waals surface area contributed by atoms with E-state index >= 15 is 0 Å². The van der Waals surface area contributed by atoms with E-state index < -0.39 is 10.0 Å². The van der Waals surface area contributed by atoms with Gasteiger partial charge in [0.15, 0.2) is 0 Å². The molecule has 0 saturated carbocycles. The lowest BCUT2D eigenvalue weighted by Crippen LogP contribution is -2.17. The maximum atomic E-state index is 12.5. The second kappa shape index (κ2) is 6.09. The molecule has 0 saturated heterocycles. The van der Waals surface area contributed by atoms with Gasteiger partial charge in [0.1, 0.15) is 4.90 Å². The molecular formula is C14H18N4O2S. The van der Waals surface area contributed by atoms with Crippen molar-refractivity contribution < 1.29 is 8.42 Å². The highest BCUT2D eigenvalue weighted by Crippen LogP contribution is 2.22. The quantitative estimate of drug-likeness (QED) is 0.885. The maximum Gasteiger partial charge on any atom is 0.266 e. The van der Waals surface area contributed by atoms with E-state index in [0.29, 0.717) is 23.6 Å². The minimum absolute atomic E-state index is 0.0822. The molecule has 0 spiro atoms. The van der Waals surface area contributed by atoms with Crippen molar-refractivity contribution >= 4 is 21.7 Å². The fourth-order valence-electron chi connectivity index (χ4n) is 1.98. The lowest BCUT2D eigenvalue weighted by Gasteiger charge is -2.12. The van der Waals surface area contributed by atoms with E-state index in [2.05, 4.69) is 20.0 Å². The average molecular weight is 306 g/mol. The van der Waals surface area contributed by atoms with Crippen LogP contribution in [0.1, 0.15) is 18.3 Å². The van der Waals surface area contributed by atoms with Crippen molar-refractivity contribution in [1.82, 2.24) is 9.97 Å². The molecule has 1 aromatic heterocycles. The molecule has 0 atom stereocenters. The second-order valence-corrected chi connectivity index (χ2v) is 6.26. The molecule has 0 unspecified atom stereocenters. The molecule has 0 bridgehead atoms. The molecule has 2 N–H and O–H groups in total. The number of para-hydroxylation sites is 1. The van der Waals surface area contributed by atoms with Crippen LogP contribution in [-0.4, -0.2) is 24.9 Å². The molecule has 0 amide bonds. The molecule has 7 heteroatoms. The predicted octanol–water partition coefficient (Wildman–Crippen LogP) is 2.33. The molecule has 0 aliphatic rings. The first kappa shape index (κ1) is 15.2. The third kappa shape index (κ3) is 3.69. The van der Waals surface area contributed by atoms with Gasteiger partial charge in [-0.1, -0.05) is 12.1 Å². The topological polar surface area (TPSA) is 84.0 Å². The van der Waals surface area contributed by atoms with E-state index in [4.69, 9.17) is 0 Å². The van der Waals surface area contributed by atoms with E-state index in [1.165, 1.54) is 0 Å². The molecule has 0 aliphatic carbocycles. The van der Waals surface area contributed by atoms with E-state index in [0.717, 1.165) is 0 Å². The highest BCUT2D eigenvalue weighted by molar-refractivity contribution is 7.92. The zero-order valence-electron chi connectivity index (χ0n) is 12.2. The number of rotatable bonds is 5. The lowest BCUT2D eigenvalue weighted by molar-refractivity contribution is 0.601. The van der Waals surface area contributed by atoms with Crippen LogP contribution in [0.25, 0.3) is 0 Å². The maximum absolute atomic E-state index is 12.5. The van der Waals surface area contributed by atoms with Crippen molar-refractivity contribution in [1.29, 1.82) is 0 Å². The van der Waals surface area contributed by atoms with Crippen LogP contribution in [0.2, 0.25) is 0 Å². The molecule has 112 valence electrons. The molecule has 1 aromatic carbocycles. The van der Waals surface area contributed by atoms with Crippen LogP contribution < -0.4 is 10.0 Å². The summed E-state index contributed by atoms with van der Waals surface area (Å²) in [7, 11) is -3.74. The van der Waals surface area contributed by atoms with Crippen LogP contribution >= 0.6 is 0 Å². The van der Waals surface area contributed by atoms with Crippen LogP contribution in [0.3, 0.4) is 0 Å². The van der Waals surface area contributed by atoms with Crippen molar-refractivity contribution in [2.45, 2.75) is 25.7 Å². The monoisotopic (exact) mass is 306 g/mol. The Morgan fingerprint density at radius 1 is 1.10 bits per heavy atom. The summed E-state index contributed by atoms with van der Waals surface area (Å²) >= 11 is 0. The van der Waals surface area contributed by atoms with Gasteiger partial charge in [0.05, 0.1) is 5.69 Å². The van der Waals surface area contributed by atoms with Crippen molar-refractivity contribution in [2.75, 3.05) is 16.6 Å². The Morgan fingerprint density at radius 2 is 1.71 bits per heavy atom. The van der Waals surface area contributed by atoms with Gasteiger partial charge in [-0.25, -0.2) is 23.1 Å². The normalized spacial score (nSPS) is 11.2. The number of sulfonamides is 1. The summed E-state index contributed by atoms with van der Waals surface area (Å²) < 4.78 is 27.4. The highest BCUT2D eigenvalue weighted by atomic mass is 32.2. The first-order chi connectivity index (χ1) is 9.92. The Bertz CT molecular complexity index is 724. The summed E-state index contributed by atoms with van der Waals surface area (Å²) in [5.74, 6) is 0.0822. The van der Waals surface area contributed by atoms with Crippen LogP contribution in [0.4, 0.5) is 11.6 Å². The van der Waals surface area contributed by atoms with Gasteiger partial charge in [0.2, 0.25) is 5.95 Å². The molecule has 2 aromatic rings. The Balaban J connectivity index is 2.38. The number of hydrogen-bond acceptors (Lipinski definition) is 5. The minimum atomic E-state index is -3.74. The van der Waals surface area contributed by atoms with Gasteiger partial charge in [0.25, 0.3) is 10.0 Å². The first-order valence-corrected chi connectivity index (χ1v) is 8.08. The van der Waals surface area contributed by atoms with Gasteiger partial charge in [0, 0.05) is 17.9 Å². The van der Waals surface area contributed by atoms with Crippen LogP contribution in [0.15, 0.2) is 35.2 Å². The van der Waals surface area contributed by atoms with Gasteiger partial charge >= 0.3 is 0 Å². The molecule has 0 aliphatic heterocycles. The smallest absolute Gasteiger partial charge is 0.266 e. The number of aromatic nitrogens is 2. The number of nitrogens with zero attached hydrogens (tertiary/aromatic N) is 2. The SMILES string of the molecule is CCNc1ccccc1S(=O)(=O)Nc1nc(C)cc(C)n1. The van der Waals surface area contributed by atoms with Gasteiger partial charge in [-0.05, 0) is 39.0 Å². The summed E-state index contributed by atoms with van der Waals surface area (Å²) in [6.07, 6.45) is 0. The van der Waals surface area contributed by atoms with Crippen molar-refractivity contribution in [2.24, 2.45) is 0 Å². The van der Waals surface area contributed by atoms with E-state index in [1.807, 2.05) is 6.92 Å². The standard InChI is InChI=1S/C14H18N4O2S/c1-4-15-12-7-5-6-8-13(12)21(19,20)18-14-16-10(2)9-11(3)17-14/h5-9,15H,4H2,1-3H3,(H,16,17,18). The molecule has 1 heterocycles. The number of anilines is 2. The van der Waals surface area contributed by atoms with Crippen molar-refractivity contribution in [3.05, 3.63) is 41.7 Å². The summed E-state index contributed by atoms with van der Waals surface area (Å²) in [5.41, 5.74) is 1.97. The molecular weight excluding hydrogens is 288 g/mol.